The Balaban J connectivity index is 1.57. The van der Waals surface area contributed by atoms with E-state index in [-0.39, 0.29) is 24.4 Å². The van der Waals surface area contributed by atoms with Crippen molar-refractivity contribution in [1.82, 2.24) is 10.6 Å². The lowest BCUT2D eigenvalue weighted by Gasteiger charge is -2.26. The Bertz CT molecular complexity index is 675. The maximum Gasteiger partial charge on any atom is 0.315 e. The molecule has 1 aromatic heterocycles. The average molecular weight is 334 g/mol. The van der Waals surface area contributed by atoms with Gasteiger partial charge in [-0.25, -0.2) is 9.18 Å². The van der Waals surface area contributed by atoms with Gasteiger partial charge in [0.05, 0.1) is 12.1 Å². The highest BCUT2D eigenvalue weighted by Crippen LogP contribution is 2.30. The predicted octanol–water partition coefficient (Wildman–Crippen LogP) is 3.30. The topological polar surface area (TPSA) is 61.4 Å². The number of fused-ring (bicyclic) bond motifs is 1. The molecule has 2 unspecified atom stereocenters. The molecule has 0 aliphatic heterocycles. The fourth-order valence-corrected chi connectivity index (χ4v) is 3.62. The molecule has 0 saturated carbocycles. The third-order valence-electron chi connectivity index (χ3n) is 4.11. The van der Waals surface area contributed by atoms with Crippen LogP contribution in [0, 0.1) is 5.82 Å². The molecule has 1 heterocycles. The van der Waals surface area contributed by atoms with Crippen LogP contribution in [-0.2, 0) is 6.42 Å². The van der Waals surface area contributed by atoms with E-state index in [2.05, 4.69) is 10.6 Å². The van der Waals surface area contributed by atoms with Crippen LogP contribution in [0.2, 0.25) is 0 Å². The first kappa shape index (κ1) is 16.0. The van der Waals surface area contributed by atoms with Gasteiger partial charge in [-0.1, -0.05) is 6.07 Å². The maximum absolute atomic E-state index is 13.3. The molecule has 0 spiro atoms. The molecule has 3 rings (SSSR count). The zero-order valence-corrected chi connectivity index (χ0v) is 13.4. The van der Waals surface area contributed by atoms with Gasteiger partial charge >= 0.3 is 6.03 Å². The second-order valence-corrected chi connectivity index (χ2v) is 6.49. The number of aliphatic hydroxyl groups excluding tert-OH is 1. The van der Waals surface area contributed by atoms with Gasteiger partial charge in [0, 0.05) is 6.54 Å². The van der Waals surface area contributed by atoms with Gasteiger partial charge in [-0.05, 0) is 64.9 Å². The van der Waals surface area contributed by atoms with E-state index in [0.717, 1.165) is 36.0 Å². The molecule has 0 saturated heterocycles. The average Bonchev–Trinajstić information content (AvgIpc) is 3.07. The lowest BCUT2D eigenvalue weighted by molar-refractivity contribution is 0.172. The number of halogens is 1. The normalized spacial score (nSPS) is 18.1. The van der Waals surface area contributed by atoms with Crippen molar-refractivity contribution in [3.05, 3.63) is 57.5 Å². The summed E-state index contributed by atoms with van der Waals surface area (Å²) in [6, 6.07) is 6.12. The quantitative estimate of drug-likeness (QED) is 0.803. The van der Waals surface area contributed by atoms with E-state index in [1.165, 1.54) is 17.4 Å². The summed E-state index contributed by atoms with van der Waals surface area (Å²) in [7, 11) is 0. The van der Waals surface area contributed by atoms with Gasteiger partial charge in [0.15, 0.2) is 0 Å². The molecule has 1 aromatic carbocycles. The number of carbonyl (C=O) groups excluding carboxylic acids is 1. The fourth-order valence-electron chi connectivity index (χ4n) is 2.91. The summed E-state index contributed by atoms with van der Waals surface area (Å²) in [6.45, 7) is 0.158. The zero-order valence-electron chi connectivity index (χ0n) is 12.6. The highest BCUT2D eigenvalue weighted by atomic mass is 32.1. The minimum absolute atomic E-state index is 0.113. The van der Waals surface area contributed by atoms with Crippen LogP contribution in [0.4, 0.5) is 9.18 Å². The van der Waals surface area contributed by atoms with Gasteiger partial charge in [-0.3, -0.25) is 0 Å². The van der Waals surface area contributed by atoms with Crippen molar-refractivity contribution in [2.24, 2.45) is 0 Å². The summed E-state index contributed by atoms with van der Waals surface area (Å²) in [6.07, 6.45) is 1.88. The zero-order chi connectivity index (χ0) is 16.2. The first-order valence-electron chi connectivity index (χ1n) is 7.66. The van der Waals surface area contributed by atoms with Crippen LogP contribution in [0.1, 0.15) is 41.7 Å². The first-order valence-corrected chi connectivity index (χ1v) is 8.60. The number of rotatable bonds is 4. The number of carbonyl (C=O) groups is 1. The molecule has 0 radical (unpaired) electrons. The second-order valence-electron chi connectivity index (χ2n) is 5.71. The van der Waals surface area contributed by atoms with Crippen molar-refractivity contribution in [3.63, 3.8) is 0 Å². The Labute approximate surface area is 138 Å². The molecule has 1 aliphatic carbocycles. The van der Waals surface area contributed by atoms with Gasteiger partial charge in [-0.15, -0.1) is 0 Å². The summed E-state index contributed by atoms with van der Waals surface area (Å²) >= 11 is 1.51. The number of thiophene rings is 1. The Morgan fingerprint density at radius 1 is 1.43 bits per heavy atom. The van der Waals surface area contributed by atoms with E-state index in [1.807, 2.05) is 16.8 Å². The molecule has 2 aromatic rings. The number of nitrogens with one attached hydrogen (secondary N) is 2. The van der Waals surface area contributed by atoms with Gasteiger partial charge in [0.2, 0.25) is 0 Å². The minimum Gasteiger partial charge on any atom is -0.387 e. The highest BCUT2D eigenvalue weighted by Gasteiger charge is 2.22. The first-order chi connectivity index (χ1) is 11.1. The van der Waals surface area contributed by atoms with Crippen LogP contribution in [0.25, 0.3) is 0 Å². The van der Waals surface area contributed by atoms with Gasteiger partial charge < -0.3 is 15.7 Å². The molecule has 6 heteroatoms. The van der Waals surface area contributed by atoms with E-state index < -0.39 is 6.10 Å². The standard InChI is InChI=1S/C17H19FN2O2S/c18-13-4-5-14-11(8-13)2-1-3-15(14)20-17(22)19-9-16(21)12-6-7-23-10-12/h4-8,10,15-16,21H,1-3,9H2,(H2,19,20,22). The molecule has 0 fully saturated rings. The Morgan fingerprint density at radius 3 is 3.09 bits per heavy atom. The maximum atomic E-state index is 13.3. The molecule has 1 aliphatic rings. The number of aryl methyl sites for hydroxylation is 1. The molecule has 0 bridgehead atoms. The van der Waals surface area contributed by atoms with E-state index in [1.54, 1.807) is 12.1 Å². The summed E-state index contributed by atoms with van der Waals surface area (Å²) < 4.78 is 13.3. The summed E-state index contributed by atoms with van der Waals surface area (Å²) in [5, 5.41) is 19.3. The molecule has 23 heavy (non-hydrogen) atoms. The van der Waals surface area contributed by atoms with Crippen molar-refractivity contribution in [2.75, 3.05) is 6.54 Å². The van der Waals surface area contributed by atoms with Crippen molar-refractivity contribution < 1.29 is 14.3 Å². The fraction of sp³-hybridized carbons (Fsp3) is 0.353. The van der Waals surface area contributed by atoms with Crippen molar-refractivity contribution in [2.45, 2.75) is 31.4 Å². The smallest absolute Gasteiger partial charge is 0.315 e. The minimum atomic E-state index is -0.709. The molecule has 2 amide bonds. The number of amides is 2. The number of hydrogen-bond donors (Lipinski definition) is 3. The largest absolute Gasteiger partial charge is 0.387 e. The third kappa shape index (κ3) is 3.89. The van der Waals surface area contributed by atoms with Crippen LogP contribution in [-0.4, -0.2) is 17.7 Å². The molecule has 122 valence electrons. The third-order valence-corrected chi connectivity index (χ3v) is 4.81. The van der Waals surface area contributed by atoms with Gasteiger partial charge in [0.1, 0.15) is 5.82 Å². The molecule has 2 atom stereocenters. The monoisotopic (exact) mass is 334 g/mol. The molecule has 4 nitrogen and oxygen atoms in total. The predicted molar refractivity (Wildman–Crippen MR) is 87.9 cm³/mol. The Kier molecular flexibility index (Phi) is 4.93. The number of urea groups is 1. The van der Waals surface area contributed by atoms with Crippen LogP contribution in [0.15, 0.2) is 35.0 Å². The number of aliphatic hydroxyl groups is 1. The summed E-state index contributed by atoms with van der Waals surface area (Å²) in [4.78, 5) is 12.1. The number of benzene rings is 1. The Morgan fingerprint density at radius 2 is 2.30 bits per heavy atom. The van der Waals surface area contributed by atoms with Crippen LogP contribution in [0.3, 0.4) is 0 Å². The van der Waals surface area contributed by atoms with Gasteiger partial charge in [0.25, 0.3) is 0 Å². The molecular weight excluding hydrogens is 315 g/mol. The number of hydrogen-bond acceptors (Lipinski definition) is 3. The van der Waals surface area contributed by atoms with Gasteiger partial charge in [-0.2, -0.15) is 11.3 Å². The highest BCUT2D eigenvalue weighted by molar-refractivity contribution is 7.07. The Hall–Kier alpha value is -1.92. The van der Waals surface area contributed by atoms with Crippen molar-refractivity contribution in [1.29, 1.82) is 0 Å². The van der Waals surface area contributed by atoms with Crippen LogP contribution >= 0.6 is 11.3 Å². The van der Waals surface area contributed by atoms with Crippen LogP contribution in [0.5, 0.6) is 0 Å². The van der Waals surface area contributed by atoms with E-state index in [9.17, 15) is 14.3 Å². The summed E-state index contributed by atoms with van der Waals surface area (Å²) in [5.41, 5.74) is 2.74. The van der Waals surface area contributed by atoms with E-state index in [4.69, 9.17) is 0 Å². The van der Waals surface area contributed by atoms with E-state index >= 15 is 0 Å². The second kappa shape index (κ2) is 7.10. The summed E-state index contributed by atoms with van der Waals surface area (Å²) in [5.74, 6) is -0.243. The van der Waals surface area contributed by atoms with Crippen molar-refractivity contribution in [3.8, 4) is 0 Å². The molecular formula is C17H19FN2O2S. The van der Waals surface area contributed by atoms with Crippen molar-refractivity contribution >= 4 is 17.4 Å². The molecule has 3 N–H and O–H groups in total. The van der Waals surface area contributed by atoms with E-state index in [0.29, 0.717) is 0 Å². The SMILES string of the molecule is O=C(NCC(O)c1ccsc1)NC1CCCc2cc(F)ccc21. The van der Waals surface area contributed by atoms with Crippen LogP contribution < -0.4 is 10.6 Å². The lowest BCUT2D eigenvalue weighted by atomic mass is 9.88. The lowest BCUT2D eigenvalue weighted by Crippen LogP contribution is -2.40.